The van der Waals surface area contributed by atoms with Gasteiger partial charge in [0.15, 0.2) is 0 Å². The minimum atomic E-state index is -8.96. The Morgan fingerprint density at radius 2 is 1.07 bits per heavy atom. The lowest BCUT2D eigenvalue weighted by Crippen LogP contribution is -2.75. The van der Waals surface area contributed by atoms with E-state index in [1.54, 1.807) is 6.92 Å². The second kappa shape index (κ2) is 12.2. The Bertz CT molecular complexity index is 1170. The normalized spacial score (nSPS) is 19.2. The summed E-state index contributed by atoms with van der Waals surface area (Å²) in [4.78, 5) is 23.8. The predicted octanol–water partition coefficient (Wildman–Crippen LogP) is 7.53. The molecule has 0 aliphatic carbocycles. The topological polar surface area (TPSA) is 77.5 Å². The van der Waals surface area contributed by atoms with E-state index in [4.69, 9.17) is 0 Å². The van der Waals surface area contributed by atoms with Gasteiger partial charge in [0.2, 0.25) is 0 Å². The van der Waals surface area contributed by atoms with Gasteiger partial charge in [-0.3, -0.25) is 9.59 Å². The standard InChI is InChI=1S/C20H21F17O5S2/c1-2-3-4-5-12(39)10-43(8-6-11(38)7-9-43)42-44(40,41)20(36,37)18(31,32)16(27,28)14(23,24)13(21,22)15(25,26)17(29,30)19(33,34)35/h2-10H2,1H3. The van der Waals surface area contributed by atoms with Gasteiger partial charge in [0, 0.05) is 30.8 Å². The van der Waals surface area contributed by atoms with Crippen LogP contribution in [-0.2, 0) is 23.3 Å². The van der Waals surface area contributed by atoms with Crippen LogP contribution in [0.2, 0.25) is 0 Å². The number of carbonyl (C=O) groups is 2. The van der Waals surface area contributed by atoms with Crippen LogP contribution in [0.15, 0.2) is 0 Å². The minimum absolute atomic E-state index is 0.0955. The van der Waals surface area contributed by atoms with E-state index in [1.807, 2.05) is 0 Å². The van der Waals surface area contributed by atoms with E-state index < -0.39 is 115 Å². The average Bonchev–Trinajstić information content (AvgIpc) is 2.84. The van der Waals surface area contributed by atoms with Gasteiger partial charge < -0.3 is 0 Å². The van der Waals surface area contributed by atoms with Crippen LogP contribution in [0.4, 0.5) is 74.6 Å². The van der Waals surface area contributed by atoms with Crippen LogP contribution >= 0.6 is 10.3 Å². The van der Waals surface area contributed by atoms with Crippen molar-refractivity contribution in [3.05, 3.63) is 0 Å². The zero-order chi connectivity index (χ0) is 35.2. The number of halogens is 17. The van der Waals surface area contributed by atoms with Crippen LogP contribution in [0.1, 0.15) is 45.4 Å². The molecule has 0 amide bonds. The molecule has 44 heavy (non-hydrogen) atoms. The highest BCUT2D eigenvalue weighted by molar-refractivity contribution is 8.33. The lowest BCUT2D eigenvalue weighted by molar-refractivity contribution is -0.458. The van der Waals surface area contributed by atoms with Gasteiger partial charge in [0.1, 0.15) is 11.6 Å². The summed E-state index contributed by atoms with van der Waals surface area (Å²) in [5.41, 5.74) is 0. The molecule has 1 fully saturated rings. The monoisotopic (exact) mass is 728 g/mol. The molecule has 24 heteroatoms. The molecule has 0 aromatic rings. The molecule has 5 nitrogen and oxygen atoms in total. The highest BCUT2D eigenvalue weighted by Crippen LogP contribution is 2.65. The molecule has 0 atom stereocenters. The van der Waals surface area contributed by atoms with Crippen molar-refractivity contribution in [1.29, 1.82) is 0 Å². The average molecular weight is 728 g/mol. The minimum Gasteiger partial charge on any atom is -0.300 e. The van der Waals surface area contributed by atoms with Crippen molar-refractivity contribution in [3.63, 3.8) is 0 Å². The smallest absolute Gasteiger partial charge is 0.300 e. The van der Waals surface area contributed by atoms with E-state index >= 15 is 0 Å². The Kier molecular flexibility index (Phi) is 11.2. The first-order valence-electron chi connectivity index (χ1n) is 11.7. The summed E-state index contributed by atoms with van der Waals surface area (Å²) in [5, 5.41) is -7.84. The predicted molar refractivity (Wildman–Crippen MR) is 116 cm³/mol. The third-order valence-corrected chi connectivity index (χ3v) is 11.7. The number of rotatable bonds is 15. The van der Waals surface area contributed by atoms with Crippen LogP contribution in [-0.4, -0.2) is 84.2 Å². The Hall–Kier alpha value is -1.59. The van der Waals surface area contributed by atoms with E-state index in [-0.39, 0.29) is 6.42 Å². The summed E-state index contributed by atoms with van der Waals surface area (Å²) in [7, 11) is -11.9. The van der Waals surface area contributed by atoms with Crippen LogP contribution < -0.4 is 0 Å². The molecule has 262 valence electrons. The molecule has 0 radical (unpaired) electrons. The van der Waals surface area contributed by atoms with Crippen molar-refractivity contribution in [3.8, 4) is 0 Å². The molecule has 1 heterocycles. The quantitative estimate of drug-likeness (QED) is 0.129. The van der Waals surface area contributed by atoms with Crippen molar-refractivity contribution in [2.75, 3.05) is 17.3 Å². The third kappa shape index (κ3) is 6.48. The number of hydrogen-bond donors (Lipinski definition) is 0. The fourth-order valence-electron chi connectivity index (χ4n) is 3.54. The van der Waals surface area contributed by atoms with E-state index in [0.29, 0.717) is 12.8 Å². The molecule has 1 rings (SSSR count). The van der Waals surface area contributed by atoms with Gasteiger partial charge in [-0.25, -0.2) is 3.63 Å². The summed E-state index contributed by atoms with van der Waals surface area (Å²) < 4.78 is 259. The van der Waals surface area contributed by atoms with E-state index in [2.05, 4.69) is 3.63 Å². The molecule has 0 spiro atoms. The van der Waals surface area contributed by atoms with Crippen molar-refractivity contribution in [1.82, 2.24) is 0 Å². The van der Waals surface area contributed by atoms with Gasteiger partial charge in [0.25, 0.3) is 0 Å². The summed E-state index contributed by atoms with van der Waals surface area (Å²) in [6.45, 7) is 1.65. The largest absolute Gasteiger partial charge is 0.460 e. The fourth-order valence-corrected chi connectivity index (χ4v) is 9.00. The SMILES string of the molecule is CCCCCC(=O)CS1(OS(=O)(=O)C(F)(F)C(F)(F)C(F)(F)C(F)(F)C(F)(F)C(F)(F)C(F)(F)C(F)(F)F)CCC(=O)CC1. The molecule has 0 unspecified atom stereocenters. The zero-order valence-electron chi connectivity index (χ0n) is 21.6. The lowest BCUT2D eigenvalue weighted by Gasteiger charge is -2.44. The number of carbonyl (C=O) groups excluding carboxylic acids is 2. The van der Waals surface area contributed by atoms with Crippen molar-refractivity contribution < 1.29 is 96.3 Å². The molecule has 0 bridgehead atoms. The van der Waals surface area contributed by atoms with Gasteiger partial charge in [-0.1, -0.05) is 19.8 Å². The van der Waals surface area contributed by atoms with Gasteiger partial charge in [-0.2, -0.15) is 83.1 Å². The molecular weight excluding hydrogens is 707 g/mol. The Morgan fingerprint density at radius 3 is 1.45 bits per heavy atom. The van der Waals surface area contributed by atoms with E-state index in [9.17, 15) is 92.6 Å². The van der Waals surface area contributed by atoms with Crippen LogP contribution in [0, 0.1) is 0 Å². The molecule has 0 aromatic heterocycles. The summed E-state index contributed by atoms with van der Waals surface area (Å²) in [6, 6.07) is 0. The highest BCUT2D eigenvalue weighted by atomic mass is 32.3. The number of unbranched alkanes of at least 4 members (excludes halogenated alkanes) is 2. The first-order valence-corrected chi connectivity index (χ1v) is 15.2. The molecular formula is C20H21F17O5S2. The zero-order valence-corrected chi connectivity index (χ0v) is 23.3. The summed E-state index contributed by atoms with van der Waals surface area (Å²) >= 11 is 0. The molecule has 1 saturated heterocycles. The molecule has 1 aliphatic rings. The Labute approximate surface area is 238 Å². The molecule has 0 N–H and O–H groups in total. The molecule has 1 aliphatic heterocycles. The van der Waals surface area contributed by atoms with Gasteiger partial charge in [-0.05, 0) is 6.42 Å². The summed E-state index contributed by atoms with van der Waals surface area (Å²) in [6.07, 6.45) is -8.90. The number of ketones is 2. The van der Waals surface area contributed by atoms with Crippen LogP contribution in [0.5, 0.6) is 0 Å². The molecule has 0 aromatic carbocycles. The van der Waals surface area contributed by atoms with Crippen LogP contribution in [0.3, 0.4) is 0 Å². The maximum atomic E-state index is 14.5. The van der Waals surface area contributed by atoms with Crippen LogP contribution in [0.25, 0.3) is 0 Å². The second-order valence-electron chi connectivity index (χ2n) is 9.54. The molecule has 0 saturated carbocycles. The van der Waals surface area contributed by atoms with Crippen molar-refractivity contribution in [2.45, 2.75) is 92.4 Å². The van der Waals surface area contributed by atoms with E-state index in [1.165, 1.54) is 0 Å². The van der Waals surface area contributed by atoms with E-state index in [0.717, 1.165) is 0 Å². The van der Waals surface area contributed by atoms with Gasteiger partial charge in [-0.15, -0.1) is 10.3 Å². The first kappa shape index (κ1) is 40.4. The number of hydrogen-bond acceptors (Lipinski definition) is 5. The maximum Gasteiger partial charge on any atom is 0.460 e. The number of Topliss-reactive ketones (excluding diaryl/α,β-unsaturated/α-hetero) is 2. The third-order valence-electron chi connectivity index (χ3n) is 6.23. The second-order valence-corrected chi connectivity index (χ2v) is 14.5. The van der Waals surface area contributed by atoms with Crippen molar-refractivity contribution in [2.24, 2.45) is 0 Å². The fraction of sp³-hybridized carbons (Fsp3) is 0.900. The summed E-state index contributed by atoms with van der Waals surface area (Å²) in [5.74, 6) is -57.2. The Balaban J connectivity index is 3.65. The van der Waals surface area contributed by atoms with Gasteiger partial charge in [0.05, 0.1) is 5.75 Å². The van der Waals surface area contributed by atoms with Gasteiger partial charge >= 0.3 is 57.1 Å². The maximum absolute atomic E-state index is 14.5. The number of alkyl halides is 17. The lowest BCUT2D eigenvalue weighted by atomic mass is 9.91. The Morgan fingerprint density at radius 1 is 0.682 bits per heavy atom. The highest BCUT2D eigenvalue weighted by Gasteiger charge is 2.96. The first-order chi connectivity index (χ1) is 19.3. The van der Waals surface area contributed by atoms with Crippen molar-refractivity contribution >= 4 is 32.0 Å².